The highest BCUT2D eigenvalue weighted by molar-refractivity contribution is 6.30. The van der Waals surface area contributed by atoms with Crippen LogP contribution in [0, 0.1) is 6.92 Å². The van der Waals surface area contributed by atoms with Crippen LogP contribution in [0.1, 0.15) is 12.4 Å². The number of imidazole rings is 1. The van der Waals surface area contributed by atoms with Gasteiger partial charge in [0.15, 0.2) is 5.65 Å². The summed E-state index contributed by atoms with van der Waals surface area (Å²) in [6.45, 7) is -0.991. The molecule has 3 heterocycles. The van der Waals surface area contributed by atoms with E-state index in [1.165, 1.54) is 18.5 Å². The van der Waals surface area contributed by atoms with Gasteiger partial charge in [0.1, 0.15) is 16.5 Å². The highest BCUT2D eigenvalue weighted by Crippen LogP contribution is 2.26. The maximum atomic E-state index is 12.6. The first kappa shape index (κ1) is 12.8. The lowest BCUT2D eigenvalue weighted by Gasteiger charge is -2.03. The number of pyridine rings is 1. The Morgan fingerprint density at radius 3 is 2.75 bits per heavy atom. The number of fused-ring (bicyclic) bond motifs is 1. The molecule has 0 aliphatic rings. The first-order valence-corrected chi connectivity index (χ1v) is 5.99. The van der Waals surface area contributed by atoms with Crippen molar-refractivity contribution in [3.63, 3.8) is 0 Å². The molecule has 0 fully saturated rings. The largest absolute Gasteiger partial charge is 0.397 e. The Morgan fingerprint density at radius 1 is 1.35 bits per heavy atom. The summed E-state index contributed by atoms with van der Waals surface area (Å²) in [5, 5.41) is 3.80. The van der Waals surface area contributed by atoms with Gasteiger partial charge in [-0.05, 0) is 6.92 Å². The molecule has 0 unspecified atom stereocenters. The Bertz CT molecular complexity index is 794. The van der Waals surface area contributed by atoms with Gasteiger partial charge in [-0.25, -0.2) is 14.6 Å². The van der Waals surface area contributed by atoms with Crippen molar-refractivity contribution in [2.75, 3.05) is 5.73 Å². The number of aromatic nitrogens is 5. The first-order valence-electron chi connectivity index (χ1n) is 5.61. The van der Waals surface area contributed by atoms with Crippen molar-refractivity contribution >= 4 is 28.5 Å². The van der Waals surface area contributed by atoms with Crippen LogP contribution in [0.25, 0.3) is 16.9 Å². The van der Waals surface area contributed by atoms with Crippen molar-refractivity contribution in [2.45, 2.75) is 13.5 Å². The number of nitrogens with two attached hydrogens (primary N) is 1. The molecule has 3 aromatic rings. The fourth-order valence-corrected chi connectivity index (χ4v) is 2.20. The van der Waals surface area contributed by atoms with Crippen molar-refractivity contribution in [2.24, 2.45) is 0 Å². The number of hydrogen-bond donors (Lipinski definition) is 1. The number of alkyl halides is 2. The molecule has 0 aliphatic heterocycles. The molecule has 0 saturated carbocycles. The molecule has 0 saturated heterocycles. The third kappa shape index (κ3) is 1.88. The average molecular weight is 299 g/mol. The van der Waals surface area contributed by atoms with E-state index in [0.29, 0.717) is 33.0 Å². The Labute approximate surface area is 116 Å². The molecule has 0 atom stereocenters. The van der Waals surface area contributed by atoms with E-state index in [2.05, 4.69) is 15.1 Å². The average Bonchev–Trinajstić information content (AvgIpc) is 2.93. The molecule has 20 heavy (non-hydrogen) atoms. The Kier molecular flexibility index (Phi) is 2.82. The standard InChI is InChI=1S/C11H9ClF2N6/c1-5-17-9-7(15)2-8(12)18-10(9)20(5)6-3-16-19(4-6)11(13)14/h2-4,11H,1H3,(H2,15,18). The van der Waals surface area contributed by atoms with Gasteiger partial charge < -0.3 is 5.73 Å². The molecule has 3 aromatic heterocycles. The molecule has 0 aliphatic carbocycles. The van der Waals surface area contributed by atoms with Crippen LogP contribution in [0.3, 0.4) is 0 Å². The lowest BCUT2D eigenvalue weighted by atomic mass is 10.4. The Hall–Kier alpha value is -2.22. The molecule has 0 bridgehead atoms. The monoisotopic (exact) mass is 298 g/mol. The van der Waals surface area contributed by atoms with E-state index >= 15 is 0 Å². The molecule has 104 valence electrons. The van der Waals surface area contributed by atoms with E-state index in [4.69, 9.17) is 17.3 Å². The maximum absolute atomic E-state index is 12.6. The fourth-order valence-electron chi connectivity index (χ4n) is 2.01. The summed E-state index contributed by atoms with van der Waals surface area (Å²) in [6, 6.07) is 1.49. The van der Waals surface area contributed by atoms with Crippen molar-refractivity contribution in [1.29, 1.82) is 0 Å². The quantitative estimate of drug-likeness (QED) is 0.738. The minimum Gasteiger partial charge on any atom is -0.397 e. The molecule has 9 heteroatoms. The summed E-state index contributed by atoms with van der Waals surface area (Å²) in [5.41, 5.74) is 7.50. The molecule has 2 N–H and O–H groups in total. The van der Waals surface area contributed by atoms with Gasteiger partial charge >= 0.3 is 6.55 Å². The minimum absolute atomic E-state index is 0.206. The van der Waals surface area contributed by atoms with Crippen LogP contribution >= 0.6 is 11.6 Å². The minimum atomic E-state index is -2.71. The van der Waals surface area contributed by atoms with E-state index < -0.39 is 6.55 Å². The van der Waals surface area contributed by atoms with E-state index in [-0.39, 0.29) is 5.15 Å². The number of anilines is 1. The van der Waals surface area contributed by atoms with Crippen molar-refractivity contribution in [3.8, 4) is 5.69 Å². The lowest BCUT2D eigenvalue weighted by molar-refractivity contribution is 0.0566. The normalized spacial score (nSPS) is 11.7. The van der Waals surface area contributed by atoms with Crippen LogP contribution in [0.15, 0.2) is 18.5 Å². The first-order chi connectivity index (χ1) is 9.47. The van der Waals surface area contributed by atoms with Crippen LogP contribution in [0.4, 0.5) is 14.5 Å². The number of aryl methyl sites for hydroxylation is 1. The lowest BCUT2D eigenvalue weighted by Crippen LogP contribution is -1.99. The molecule has 3 rings (SSSR count). The van der Waals surface area contributed by atoms with Crippen LogP contribution < -0.4 is 5.73 Å². The summed E-state index contributed by atoms with van der Waals surface area (Å²) in [5.74, 6) is 0.551. The Morgan fingerprint density at radius 2 is 2.10 bits per heavy atom. The number of halogens is 3. The zero-order valence-corrected chi connectivity index (χ0v) is 11.0. The number of rotatable bonds is 2. The van der Waals surface area contributed by atoms with Crippen LogP contribution in [-0.2, 0) is 0 Å². The van der Waals surface area contributed by atoms with E-state index in [1.807, 2.05) is 0 Å². The van der Waals surface area contributed by atoms with Crippen molar-refractivity contribution < 1.29 is 8.78 Å². The van der Waals surface area contributed by atoms with Crippen LogP contribution in [0.5, 0.6) is 0 Å². The second kappa shape index (κ2) is 4.41. The summed E-state index contributed by atoms with van der Waals surface area (Å²) in [7, 11) is 0. The SMILES string of the molecule is Cc1nc2c(N)cc(Cl)nc2n1-c1cnn(C(F)F)c1. The van der Waals surface area contributed by atoms with Crippen LogP contribution in [-0.4, -0.2) is 24.3 Å². The fraction of sp³-hybridized carbons (Fsp3) is 0.182. The van der Waals surface area contributed by atoms with Gasteiger partial charge in [0, 0.05) is 6.07 Å². The van der Waals surface area contributed by atoms with Gasteiger partial charge in [-0.15, -0.1) is 0 Å². The van der Waals surface area contributed by atoms with Gasteiger partial charge in [-0.2, -0.15) is 13.9 Å². The smallest absolute Gasteiger partial charge is 0.333 e. The summed E-state index contributed by atoms with van der Waals surface area (Å²) < 4.78 is 27.3. The van der Waals surface area contributed by atoms with Gasteiger partial charge in [0.2, 0.25) is 0 Å². The highest BCUT2D eigenvalue weighted by Gasteiger charge is 2.16. The summed E-state index contributed by atoms with van der Waals surface area (Å²) in [4.78, 5) is 8.43. The number of nitrogen functional groups attached to an aromatic ring is 1. The third-order valence-corrected chi connectivity index (χ3v) is 3.02. The molecule has 0 amide bonds. The summed E-state index contributed by atoms with van der Waals surface area (Å²) in [6.07, 6.45) is 2.51. The predicted octanol–water partition coefficient (Wildman–Crippen LogP) is 2.56. The second-order valence-electron chi connectivity index (χ2n) is 4.16. The maximum Gasteiger partial charge on any atom is 0.333 e. The topological polar surface area (TPSA) is 74.6 Å². The van der Waals surface area contributed by atoms with Gasteiger partial charge in [0.25, 0.3) is 0 Å². The summed E-state index contributed by atoms with van der Waals surface area (Å²) >= 11 is 5.88. The molecule has 6 nitrogen and oxygen atoms in total. The van der Waals surface area contributed by atoms with Gasteiger partial charge in [-0.1, -0.05) is 11.6 Å². The second-order valence-corrected chi connectivity index (χ2v) is 4.54. The van der Waals surface area contributed by atoms with Crippen molar-refractivity contribution in [1.82, 2.24) is 24.3 Å². The van der Waals surface area contributed by atoms with Crippen molar-refractivity contribution in [3.05, 3.63) is 29.4 Å². The molecular weight excluding hydrogens is 290 g/mol. The third-order valence-electron chi connectivity index (χ3n) is 2.83. The van der Waals surface area contributed by atoms with Gasteiger partial charge in [-0.3, -0.25) is 4.57 Å². The zero-order chi connectivity index (χ0) is 14.4. The predicted molar refractivity (Wildman–Crippen MR) is 70.1 cm³/mol. The zero-order valence-electron chi connectivity index (χ0n) is 10.3. The molecule has 0 aromatic carbocycles. The molecule has 0 radical (unpaired) electrons. The van der Waals surface area contributed by atoms with Crippen LogP contribution in [0.2, 0.25) is 5.15 Å². The van der Waals surface area contributed by atoms with Gasteiger partial charge in [0.05, 0.1) is 23.8 Å². The van der Waals surface area contributed by atoms with E-state index in [1.54, 1.807) is 11.5 Å². The number of nitrogens with zero attached hydrogens (tertiary/aromatic N) is 5. The molecular formula is C11H9ClF2N6. The molecule has 0 spiro atoms. The van der Waals surface area contributed by atoms with E-state index in [0.717, 1.165) is 0 Å². The van der Waals surface area contributed by atoms with E-state index in [9.17, 15) is 8.78 Å². The highest BCUT2D eigenvalue weighted by atomic mass is 35.5. The number of hydrogen-bond acceptors (Lipinski definition) is 4. The Balaban J connectivity index is 2.27.